The number of rotatable bonds is 3. The smallest absolute Gasteiger partial charge is 0.373 e. The summed E-state index contributed by atoms with van der Waals surface area (Å²) in [6.07, 6.45) is 0.691. The molecule has 2 aromatic rings. The maximum atomic E-state index is 11.4. The summed E-state index contributed by atoms with van der Waals surface area (Å²) in [6, 6.07) is 7.72. The number of esters is 1. The van der Waals surface area contributed by atoms with E-state index < -0.39 is 5.97 Å². The highest BCUT2D eigenvalue weighted by molar-refractivity contribution is 5.86. The van der Waals surface area contributed by atoms with Crippen LogP contribution in [0.4, 0.5) is 0 Å². The summed E-state index contributed by atoms with van der Waals surface area (Å²) in [5.41, 5.74) is 5.03. The van der Waals surface area contributed by atoms with E-state index in [2.05, 4.69) is 37.6 Å². The van der Waals surface area contributed by atoms with Crippen LogP contribution in [0.2, 0.25) is 0 Å². The zero-order valence-corrected chi connectivity index (χ0v) is 11.7. The van der Waals surface area contributed by atoms with Gasteiger partial charge < -0.3 is 9.15 Å². The highest BCUT2D eigenvalue weighted by Crippen LogP contribution is 2.22. The minimum absolute atomic E-state index is 0.250. The lowest BCUT2D eigenvalue weighted by molar-refractivity contribution is 0.0563. The molecular weight excluding hydrogens is 240 g/mol. The fraction of sp³-hybridized carbons (Fsp3) is 0.312. The minimum atomic E-state index is -0.441. The number of ether oxygens (including phenoxy) is 1. The van der Waals surface area contributed by atoms with Gasteiger partial charge in [-0.25, -0.2) is 4.79 Å². The SMILES string of the molecule is COC(=O)c1ccc(Cc2c(C)ccc(C)c2C)o1. The minimum Gasteiger partial charge on any atom is -0.463 e. The van der Waals surface area contributed by atoms with Crippen molar-refractivity contribution in [3.05, 3.63) is 58.0 Å². The molecule has 1 aromatic carbocycles. The van der Waals surface area contributed by atoms with Gasteiger partial charge in [-0.05, 0) is 55.2 Å². The van der Waals surface area contributed by atoms with E-state index in [9.17, 15) is 4.79 Å². The van der Waals surface area contributed by atoms with E-state index in [1.165, 1.54) is 29.4 Å². The van der Waals surface area contributed by atoms with E-state index in [0.29, 0.717) is 6.42 Å². The van der Waals surface area contributed by atoms with Gasteiger partial charge in [0, 0.05) is 6.42 Å². The Morgan fingerprint density at radius 2 is 1.79 bits per heavy atom. The number of carbonyl (C=O) groups excluding carboxylic acids is 1. The second-order valence-electron chi connectivity index (χ2n) is 4.74. The van der Waals surface area contributed by atoms with Gasteiger partial charge in [0.05, 0.1) is 7.11 Å². The van der Waals surface area contributed by atoms with E-state index in [1.54, 1.807) is 6.07 Å². The molecule has 0 atom stereocenters. The number of carbonyl (C=O) groups is 1. The fourth-order valence-corrected chi connectivity index (χ4v) is 2.14. The third kappa shape index (κ3) is 2.70. The Kier molecular flexibility index (Phi) is 3.74. The molecule has 2 rings (SSSR count). The molecule has 100 valence electrons. The monoisotopic (exact) mass is 258 g/mol. The first-order valence-electron chi connectivity index (χ1n) is 6.25. The molecular formula is C16H18O3. The number of furan rings is 1. The van der Waals surface area contributed by atoms with Crippen LogP contribution in [-0.4, -0.2) is 13.1 Å². The van der Waals surface area contributed by atoms with Gasteiger partial charge in [0.1, 0.15) is 5.76 Å². The first kappa shape index (κ1) is 13.4. The van der Waals surface area contributed by atoms with Crippen LogP contribution in [-0.2, 0) is 11.2 Å². The van der Waals surface area contributed by atoms with Gasteiger partial charge in [-0.15, -0.1) is 0 Å². The van der Waals surface area contributed by atoms with E-state index in [-0.39, 0.29) is 5.76 Å². The number of hydrogen-bond acceptors (Lipinski definition) is 3. The molecule has 0 radical (unpaired) electrons. The molecule has 0 unspecified atom stereocenters. The van der Waals surface area contributed by atoms with Gasteiger partial charge in [-0.2, -0.15) is 0 Å². The molecule has 0 aliphatic heterocycles. The summed E-state index contributed by atoms with van der Waals surface area (Å²) in [5, 5.41) is 0. The molecule has 0 bridgehead atoms. The molecule has 0 aliphatic rings. The number of hydrogen-bond donors (Lipinski definition) is 0. The second-order valence-corrected chi connectivity index (χ2v) is 4.74. The van der Waals surface area contributed by atoms with Crippen molar-refractivity contribution in [2.45, 2.75) is 27.2 Å². The van der Waals surface area contributed by atoms with Crippen molar-refractivity contribution >= 4 is 5.97 Å². The van der Waals surface area contributed by atoms with E-state index in [0.717, 1.165) is 5.76 Å². The molecule has 1 heterocycles. The van der Waals surface area contributed by atoms with Gasteiger partial charge in [0.15, 0.2) is 0 Å². The van der Waals surface area contributed by atoms with Gasteiger partial charge in [0.2, 0.25) is 5.76 Å². The zero-order chi connectivity index (χ0) is 14.0. The Labute approximate surface area is 113 Å². The lowest BCUT2D eigenvalue weighted by atomic mass is 9.95. The summed E-state index contributed by atoms with van der Waals surface area (Å²) in [4.78, 5) is 11.4. The first-order chi connectivity index (χ1) is 9.02. The lowest BCUT2D eigenvalue weighted by Gasteiger charge is -2.11. The van der Waals surface area contributed by atoms with Gasteiger partial charge in [0.25, 0.3) is 0 Å². The quantitative estimate of drug-likeness (QED) is 0.790. The second kappa shape index (κ2) is 5.31. The number of benzene rings is 1. The molecule has 3 heteroatoms. The van der Waals surface area contributed by atoms with Crippen molar-refractivity contribution in [1.82, 2.24) is 0 Å². The molecule has 0 fully saturated rings. The van der Waals surface area contributed by atoms with Crippen LogP contribution in [0.25, 0.3) is 0 Å². The van der Waals surface area contributed by atoms with E-state index >= 15 is 0 Å². The summed E-state index contributed by atoms with van der Waals surface area (Å²) in [5.74, 6) is 0.585. The van der Waals surface area contributed by atoms with Crippen LogP contribution in [0.15, 0.2) is 28.7 Å². The Balaban J connectivity index is 2.29. The van der Waals surface area contributed by atoms with E-state index in [1.807, 2.05) is 6.07 Å². The van der Waals surface area contributed by atoms with Crippen molar-refractivity contribution in [2.75, 3.05) is 7.11 Å². The Morgan fingerprint density at radius 3 is 2.47 bits per heavy atom. The van der Waals surface area contributed by atoms with Gasteiger partial charge in [-0.3, -0.25) is 0 Å². The number of aryl methyl sites for hydroxylation is 2. The van der Waals surface area contributed by atoms with Crippen molar-refractivity contribution in [1.29, 1.82) is 0 Å². The highest BCUT2D eigenvalue weighted by Gasteiger charge is 2.13. The Hall–Kier alpha value is -2.03. The van der Waals surface area contributed by atoms with Gasteiger partial charge >= 0.3 is 5.97 Å². The average Bonchev–Trinajstić information content (AvgIpc) is 2.87. The third-order valence-corrected chi connectivity index (χ3v) is 3.50. The topological polar surface area (TPSA) is 39.4 Å². The maximum absolute atomic E-state index is 11.4. The molecule has 0 N–H and O–H groups in total. The Morgan fingerprint density at radius 1 is 1.11 bits per heavy atom. The van der Waals surface area contributed by atoms with Crippen LogP contribution in [0.3, 0.4) is 0 Å². The van der Waals surface area contributed by atoms with Gasteiger partial charge in [-0.1, -0.05) is 12.1 Å². The van der Waals surface area contributed by atoms with Crippen LogP contribution in [0, 0.1) is 20.8 Å². The summed E-state index contributed by atoms with van der Waals surface area (Å²) >= 11 is 0. The molecule has 1 aromatic heterocycles. The van der Waals surface area contributed by atoms with Crippen molar-refractivity contribution in [3.8, 4) is 0 Å². The third-order valence-electron chi connectivity index (χ3n) is 3.50. The highest BCUT2D eigenvalue weighted by atomic mass is 16.5. The first-order valence-corrected chi connectivity index (χ1v) is 6.25. The standard InChI is InChI=1S/C16H18O3/c1-10-5-6-11(2)14(12(10)3)9-13-7-8-15(19-13)16(17)18-4/h5-8H,9H2,1-4H3. The molecule has 0 saturated heterocycles. The van der Waals surface area contributed by atoms with Crippen molar-refractivity contribution in [3.63, 3.8) is 0 Å². The molecule has 0 spiro atoms. The fourth-order valence-electron chi connectivity index (χ4n) is 2.14. The largest absolute Gasteiger partial charge is 0.463 e. The molecule has 0 amide bonds. The number of methoxy groups -OCH3 is 1. The predicted molar refractivity (Wildman–Crippen MR) is 73.5 cm³/mol. The van der Waals surface area contributed by atoms with Crippen molar-refractivity contribution in [2.24, 2.45) is 0 Å². The summed E-state index contributed by atoms with van der Waals surface area (Å²) in [6.45, 7) is 6.30. The lowest BCUT2D eigenvalue weighted by Crippen LogP contribution is -1.99. The summed E-state index contributed by atoms with van der Waals surface area (Å²) in [7, 11) is 1.35. The normalized spacial score (nSPS) is 10.5. The van der Waals surface area contributed by atoms with Crippen LogP contribution < -0.4 is 0 Å². The predicted octanol–water partition coefficient (Wildman–Crippen LogP) is 3.58. The zero-order valence-electron chi connectivity index (χ0n) is 11.7. The van der Waals surface area contributed by atoms with Crippen molar-refractivity contribution < 1.29 is 13.9 Å². The molecule has 0 saturated carbocycles. The van der Waals surface area contributed by atoms with Crippen LogP contribution in [0.1, 0.15) is 38.6 Å². The van der Waals surface area contributed by atoms with Crippen LogP contribution >= 0.6 is 0 Å². The van der Waals surface area contributed by atoms with E-state index in [4.69, 9.17) is 4.42 Å². The molecule has 0 aliphatic carbocycles. The average molecular weight is 258 g/mol. The molecule has 3 nitrogen and oxygen atoms in total. The Bertz CT molecular complexity index is 608. The molecule has 19 heavy (non-hydrogen) atoms. The summed E-state index contributed by atoms with van der Waals surface area (Å²) < 4.78 is 10.1. The maximum Gasteiger partial charge on any atom is 0.373 e. The van der Waals surface area contributed by atoms with Crippen LogP contribution in [0.5, 0.6) is 0 Å².